The zero-order valence-electron chi connectivity index (χ0n) is 59.6. The van der Waals surface area contributed by atoms with Crippen molar-refractivity contribution < 1.29 is 8.83 Å². The monoisotopic (exact) mass is 1400 g/mol. The van der Waals surface area contributed by atoms with Crippen molar-refractivity contribution in [1.29, 1.82) is 0 Å². The van der Waals surface area contributed by atoms with Crippen LogP contribution in [0.15, 0.2) is 397 Å². The zero-order valence-corrected chi connectivity index (χ0v) is 59.6. The summed E-state index contributed by atoms with van der Waals surface area (Å²) in [5.74, 6) is 0. The van der Waals surface area contributed by atoms with E-state index in [4.69, 9.17) is 8.83 Å². The van der Waals surface area contributed by atoms with E-state index in [0.29, 0.717) is 0 Å². The normalized spacial score (nSPS) is 12.0. The van der Waals surface area contributed by atoms with Crippen LogP contribution in [-0.4, -0.2) is 18.3 Å². The van der Waals surface area contributed by atoms with Crippen LogP contribution < -0.4 is 0 Å². The molecule has 0 radical (unpaired) electrons. The second-order valence-electron chi connectivity index (χ2n) is 28.9. The first-order valence-corrected chi connectivity index (χ1v) is 37.7. The molecule has 0 spiro atoms. The number of fused-ring (bicyclic) bond motifs is 20. The second-order valence-corrected chi connectivity index (χ2v) is 28.9. The van der Waals surface area contributed by atoms with Gasteiger partial charge in [-0.3, -0.25) is 0 Å². The van der Waals surface area contributed by atoms with E-state index >= 15 is 0 Å². The molecular weight excluding hydrogens is 1340 g/mol. The van der Waals surface area contributed by atoms with Crippen molar-refractivity contribution in [2.24, 2.45) is 0 Å². The molecule has 6 heterocycles. The fraction of sp³-hybridized carbons (Fsp3) is 0. The molecule has 24 rings (SSSR count). The van der Waals surface area contributed by atoms with Crippen LogP contribution in [0.5, 0.6) is 0 Å². The van der Waals surface area contributed by atoms with Crippen molar-refractivity contribution in [3.63, 3.8) is 0 Å². The summed E-state index contributed by atoms with van der Waals surface area (Å²) in [5, 5.41) is 19.4. The lowest BCUT2D eigenvalue weighted by molar-refractivity contribution is 0.669. The molecule has 512 valence electrons. The predicted molar refractivity (Wildman–Crippen MR) is 462 cm³/mol. The van der Waals surface area contributed by atoms with Crippen LogP contribution in [0, 0.1) is 0 Å². The minimum absolute atomic E-state index is 0.908. The van der Waals surface area contributed by atoms with Gasteiger partial charge in [-0.2, -0.15) is 0 Å². The number of furan rings is 2. The molecule has 0 bridgehead atoms. The van der Waals surface area contributed by atoms with E-state index in [9.17, 15) is 0 Å². The number of hydrogen-bond donors (Lipinski definition) is 0. The van der Waals surface area contributed by atoms with Crippen LogP contribution in [0.4, 0.5) is 0 Å². The molecule has 0 amide bonds. The smallest absolute Gasteiger partial charge is 0.143 e. The highest BCUT2D eigenvalue weighted by molar-refractivity contribution is 6.20. The average Bonchev–Trinajstić information content (AvgIpc) is 1.53. The minimum atomic E-state index is 0.908. The molecule has 0 atom stereocenters. The van der Waals surface area contributed by atoms with Gasteiger partial charge in [0.2, 0.25) is 0 Å². The van der Waals surface area contributed by atoms with Crippen LogP contribution in [0.25, 0.3) is 220 Å². The maximum atomic E-state index is 6.51. The molecule has 0 fully saturated rings. The van der Waals surface area contributed by atoms with E-state index in [1.807, 2.05) is 12.1 Å². The summed E-state index contributed by atoms with van der Waals surface area (Å²) in [6.45, 7) is 0. The first kappa shape index (κ1) is 61.6. The topological polar surface area (TPSA) is 46.0 Å². The number of benzene rings is 18. The number of hydrogen-bond acceptors (Lipinski definition) is 2. The first-order chi connectivity index (χ1) is 54.6. The molecule has 6 aromatic heterocycles. The summed E-state index contributed by atoms with van der Waals surface area (Å²) in [6, 6.07) is 140. The molecule has 0 N–H and O–H groups in total. The van der Waals surface area contributed by atoms with Crippen LogP contribution in [0.1, 0.15) is 0 Å². The Bertz CT molecular complexity index is 7910. The largest absolute Gasteiger partial charge is 0.456 e. The van der Waals surface area contributed by atoms with Crippen molar-refractivity contribution in [1.82, 2.24) is 18.3 Å². The van der Waals surface area contributed by atoms with E-state index in [0.717, 1.165) is 66.4 Å². The van der Waals surface area contributed by atoms with Gasteiger partial charge in [-0.15, -0.1) is 0 Å². The van der Waals surface area contributed by atoms with Gasteiger partial charge in [0.05, 0.1) is 55.5 Å². The van der Waals surface area contributed by atoms with E-state index in [2.05, 4.69) is 394 Å². The molecule has 110 heavy (non-hydrogen) atoms. The summed E-state index contributed by atoms with van der Waals surface area (Å²) >= 11 is 0. The number of nitrogens with zero attached hydrogens (tertiary/aromatic N) is 4. The van der Waals surface area contributed by atoms with Crippen LogP contribution in [-0.2, 0) is 0 Å². The quantitative estimate of drug-likeness (QED) is 0.152. The van der Waals surface area contributed by atoms with Gasteiger partial charge in [0, 0.05) is 92.3 Å². The Morgan fingerprint density at radius 3 is 1.01 bits per heavy atom. The van der Waals surface area contributed by atoms with E-state index < -0.39 is 0 Å². The molecule has 0 aliphatic rings. The first-order valence-electron chi connectivity index (χ1n) is 37.7. The summed E-state index contributed by atoms with van der Waals surface area (Å²) in [5.41, 5.74) is 27.4. The summed E-state index contributed by atoms with van der Waals surface area (Å²) in [7, 11) is 0. The molecular formula is C104H64N4O2. The summed E-state index contributed by atoms with van der Waals surface area (Å²) in [6.07, 6.45) is 0. The Hall–Kier alpha value is -14.7. The molecule has 6 nitrogen and oxygen atoms in total. The van der Waals surface area contributed by atoms with Crippen molar-refractivity contribution in [3.8, 4) is 67.3 Å². The van der Waals surface area contributed by atoms with Crippen LogP contribution in [0.2, 0.25) is 0 Å². The maximum Gasteiger partial charge on any atom is 0.143 e. The number of aromatic nitrogens is 4. The van der Waals surface area contributed by atoms with Crippen LogP contribution in [0.3, 0.4) is 0 Å². The fourth-order valence-electron chi connectivity index (χ4n) is 18.2. The second kappa shape index (κ2) is 24.4. The number of para-hydroxylation sites is 9. The highest BCUT2D eigenvalue weighted by atomic mass is 16.3. The Morgan fingerprint density at radius 2 is 0.491 bits per heavy atom. The van der Waals surface area contributed by atoms with Gasteiger partial charge in [0.1, 0.15) is 22.3 Å². The lowest BCUT2D eigenvalue weighted by atomic mass is 9.94. The fourth-order valence-corrected chi connectivity index (χ4v) is 18.2. The minimum Gasteiger partial charge on any atom is -0.456 e. The number of rotatable bonds is 8. The van der Waals surface area contributed by atoms with Crippen molar-refractivity contribution in [2.45, 2.75) is 0 Å². The predicted octanol–water partition coefficient (Wildman–Crippen LogP) is 28.5. The molecule has 6 heteroatoms. The van der Waals surface area contributed by atoms with Crippen molar-refractivity contribution in [2.75, 3.05) is 0 Å². The highest BCUT2D eigenvalue weighted by Gasteiger charge is 2.24. The van der Waals surface area contributed by atoms with E-state index in [-0.39, 0.29) is 0 Å². The van der Waals surface area contributed by atoms with Gasteiger partial charge in [-0.25, -0.2) is 0 Å². The third-order valence-electron chi connectivity index (χ3n) is 23.1. The van der Waals surface area contributed by atoms with E-state index in [1.54, 1.807) is 0 Å². The van der Waals surface area contributed by atoms with Gasteiger partial charge >= 0.3 is 0 Å². The Balaban J connectivity index is 0.000000132. The highest BCUT2D eigenvalue weighted by Crippen LogP contribution is 2.47. The van der Waals surface area contributed by atoms with E-state index in [1.165, 1.54) is 154 Å². The SMILES string of the molecule is c1ccc(-n2c3ccccc3c3cc(-c4ccc5c(c4)c4ccccc4n5-c4ccc(-c5cccc6oc7ccccc7c56)c5ccccc45)ccc32)cc1.c1ccc(-n2c3ccccc3c3cc(-c4ccc5c(c4)c4ccccc4n5-c4cccc5c(-c6cccc7c6oc6ccccc67)cccc45)ccc32)cc1. The average molecular weight is 1400 g/mol. The summed E-state index contributed by atoms with van der Waals surface area (Å²) < 4.78 is 22.5. The maximum absolute atomic E-state index is 6.51. The molecule has 0 saturated carbocycles. The third kappa shape index (κ3) is 9.36. The molecule has 0 unspecified atom stereocenters. The van der Waals surface area contributed by atoms with Crippen molar-refractivity contribution in [3.05, 3.63) is 388 Å². The Kier molecular flexibility index (Phi) is 13.7. The third-order valence-corrected chi connectivity index (χ3v) is 23.1. The lowest BCUT2D eigenvalue weighted by Gasteiger charge is -2.15. The van der Waals surface area contributed by atoms with Gasteiger partial charge in [-0.05, 0) is 177 Å². The molecule has 0 aliphatic heterocycles. The summed E-state index contributed by atoms with van der Waals surface area (Å²) in [4.78, 5) is 0. The molecule has 24 aromatic rings. The Morgan fingerprint density at radius 1 is 0.164 bits per heavy atom. The molecule has 0 aliphatic carbocycles. The van der Waals surface area contributed by atoms with Crippen molar-refractivity contribution >= 4 is 153 Å². The molecule has 18 aromatic carbocycles. The lowest BCUT2D eigenvalue weighted by Crippen LogP contribution is -1.96. The zero-order chi connectivity index (χ0) is 72.1. The van der Waals surface area contributed by atoms with Gasteiger partial charge in [0.15, 0.2) is 0 Å². The molecule has 0 saturated heterocycles. The standard InChI is InChI=1S/2C52H32N2O/c1-2-13-35(14-3-1)53-46-23-7-4-15-39(46)44-31-33(27-29-49(44)53)34-28-30-50-45(32-34)40-16-5-8-24-47(40)54(50)48-25-12-19-36-37(18-10-20-38(36)48)42-21-11-22-43-41-17-6-9-26-51(41)55-52(42)43;1-2-13-35(14-3-1)53-45-21-9-6-17-39(45)43-31-33(25-28-48(43)53)34-26-29-49-44(32-34)40-18-7-10-22-46(40)54(49)47-30-27-37(36-15-4-5-16-38(36)47)41-20-12-24-51-52(41)42-19-8-11-23-50(42)55-51/h2*1-32H. The Labute approximate surface area is 631 Å². The van der Waals surface area contributed by atoms with Gasteiger partial charge < -0.3 is 27.1 Å². The van der Waals surface area contributed by atoms with Gasteiger partial charge in [0.25, 0.3) is 0 Å². The van der Waals surface area contributed by atoms with Crippen LogP contribution >= 0.6 is 0 Å². The van der Waals surface area contributed by atoms with Gasteiger partial charge in [-0.1, -0.05) is 261 Å².